The summed E-state index contributed by atoms with van der Waals surface area (Å²) in [6.45, 7) is 3.77. The summed E-state index contributed by atoms with van der Waals surface area (Å²) in [6, 6.07) is 13.5. The number of rotatable bonds is 4. The molecule has 7 heteroatoms. The molecule has 3 rings (SSSR count). The summed E-state index contributed by atoms with van der Waals surface area (Å²) in [5.74, 6) is -0.602. The first-order chi connectivity index (χ1) is 12.3. The lowest BCUT2D eigenvalue weighted by atomic mass is 10.1. The van der Waals surface area contributed by atoms with Gasteiger partial charge in [-0.2, -0.15) is 0 Å². The van der Waals surface area contributed by atoms with Gasteiger partial charge in [-0.3, -0.25) is 0 Å². The van der Waals surface area contributed by atoms with Crippen LogP contribution < -0.4 is 4.74 Å². The molecular formula is C19H15ClO5S. The number of hydrogen-bond acceptors (Lipinski definition) is 5. The van der Waals surface area contributed by atoms with Gasteiger partial charge in [0.1, 0.15) is 5.75 Å². The quantitative estimate of drug-likeness (QED) is 0.480. The third-order valence-electron chi connectivity index (χ3n) is 3.58. The van der Waals surface area contributed by atoms with Gasteiger partial charge in [0.15, 0.2) is 0 Å². The summed E-state index contributed by atoms with van der Waals surface area (Å²) < 4.78 is 35.6. The van der Waals surface area contributed by atoms with E-state index in [1.54, 1.807) is 12.1 Å². The van der Waals surface area contributed by atoms with Crippen LogP contribution in [0.15, 0.2) is 69.0 Å². The first-order valence-corrected chi connectivity index (χ1v) is 9.53. The lowest BCUT2D eigenvalue weighted by Crippen LogP contribution is -2.08. The van der Waals surface area contributed by atoms with E-state index in [-0.39, 0.29) is 15.7 Å². The number of sulfone groups is 1. The molecule has 0 saturated heterocycles. The SMILES string of the molecule is Cc1cc(C)cc(OC(=O)c2ccc(S(=O)(=O)c3ccc(Cl)cc3)o2)c1. The van der Waals surface area contributed by atoms with E-state index in [9.17, 15) is 13.2 Å². The van der Waals surface area contributed by atoms with Crippen LogP contribution in [0.4, 0.5) is 0 Å². The summed E-state index contributed by atoms with van der Waals surface area (Å²) in [5, 5.41) is 0.0771. The van der Waals surface area contributed by atoms with Gasteiger partial charge in [-0.05, 0) is 73.5 Å². The van der Waals surface area contributed by atoms with Gasteiger partial charge in [0, 0.05) is 5.02 Å². The normalized spacial score (nSPS) is 11.3. The molecule has 0 aliphatic heterocycles. The molecule has 0 bridgehead atoms. The van der Waals surface area contributed by atoms with Gasteiger partial charge < -0.3 is 9.15 Å². The number of esters is 1. The van der Waals surface area contributed by atoms with E-state index < -0.39 is 15.8 Å². The molecule has 5 nitrogen and oxygen atoms in total. The average molecular weight is 391 g/mol. The Morgan fingerprint density at radius 1 is 0.962 bits per heavy atom. The van der Waals surface area contributed by atoms with Crippen LogP contribution in [0.3, 0.4) is 0 Å². The Labute approximate surface area is 156 Å². The van der Waals surface area contributed by atoms with Gasteiger partial charge in [-0.15, -0.1) is 0 Å². The van der Waals surface area contributed by atoms with Crippen LogP contribution in [-0.2, 0) is 9.84 Å². The van der Waals surface area contributed by atoms with E-state index in [0.717, 1.165) is 11.1 Å². The molecule has 0 fully saturated rings. The van der Waals surface area contributed by atoms with E-state index in [4.69, 9.17) is 20.8 Å². The third kappa shape index (κ3) is 3.81. The predicted molar refractivity (Wildman–Crippen MR) is 96.5 cm³/mol. The second-order valence-corrected chi connectivity index (χ2v) is 8.11. The molecule has 0 unspecified atom stereocenters. The molecule has 1 aromatic heterocycles. The number of halogens is 1. The Morgan fingerprint density at radius 2 is 1.58 bits per heavy atom. The molecule has 0 amide bonds. The maximum Gasteiger partial charge on any atom is 0.379 e. The average Bonchev–Trinajstić information content (AvgIpc) is 3.05. The maximum atomic E-state index is 12.5. The van der Waals surface area contributed by atoms with Crippen molar-refractivity contribution >= 4 is 27.4 Å². The monoisotopic (exact) mass is 390 g/mol. The Kier molecular flexibility index (Phi) is 4.89. The molecule has 0 N–H and O–H groups in total. The predicted octanol–water partition coefficient (Wildman–Crippen LogP) is 4.60. The highest BCUT2D eigenvalue weighted by Crippen LogP contribution is 2.25. The fourth-order valence-electron chi connectivity index (χ4n) is 2.45. The fraction of sp³-hybridized carbons (Fsp3) is 0.105. The number of carbonyl (C=O) groups is 1. The van der Waals surface area contributed by atoms with E-state index >= 15 is 0 Å². The standard InChI is InChI=1S/C19H15ClO5S/c1-12-9-13(2)11-15(10-12)24-19(21)17-7-8-18(25-17)26(22,23)16-5-3-14(20)4-6-16/h3-11H,1-2H3. The van der Waals surface area contributed by atoms with Crippen molar-refractivity contribution in [1.29, 1.82) is 0 Å². The number of furan rings is 1. The minimum absolute atomic E-state index is 0.0190. The molecule has 1 heterocycles. The summed E-state index contributed by atoms with van der Waals surface area (Å²) in [7, 11) is -3.89. The number of benzene rings is 2. The molecule has 0 aliphatic carbocycles. The van der Waals surface area contributed by atoms with Crippen molar-refractivity contribution in [3.63, 3.8) is 0 Å². The molecule has 134 valence electrons. The zero-order valence-corrected chi connectivity index (χ0v) is 15.6. The largest absolute Gasteiger partial charge is 0.437 e. The Morgan fingerprint density at radius 3 is 2.19 bits per heavy atom. The van der Waals surface area contributed by atoms with Crippen LogP contribution in [0.1, 0.15) is 21.7 Å². The summed E-state index contributed by atoms with van der Waals surface area (Å²) in [4.78, 5) is 12.2. The summed E-state index contributed by atoms with van der Waals surface area (Å²) in [6.07, 6.45) is 0. The molecule has 0 saturated carbocycles. The van der Waals surface area contributed by atoms with Crippen LogP contribution in [0.2, 0.25) is 5.02 Å². The third-order valence-corrected chi connectivity index (χ3v) is 5.47. The number of aryl methyl sites for hydroxylation is 2. The maximum absolute atomic E-state index is 12.5. The van der Waals surface area contributed by atoms with Gasteiger partial charge in [-0.1, -0.05) is 17.7 Å². The second kappa shape index (κ2) is 6.97. The van der Waals surface area contributed by atoms with Gasteiger partial charge in [0.2, 0.25) is 20.7 Å². The first-order valence-electron chi connectivity index (χ1n) is 7.67. The number of hydrogen-bond donors (Lipinski definition) is 0. The molecule has 2 aromatic carbocycles. The second-order valence-electron chi connectivity index (χ2n) is 5.79. The first kappa shape index (κ1) is 18.2. The summed E-state index contributed by atoms with van der Waals surface area (Å²) >= 11 is 5.77. The van der Waals surface area contributed by atoms with E-state index in [0.29, 0.717) is 10.8 Å². The van der Waals surface area contributed by atoms with Gasteiger partial charge in [0.25, 0.3) is 0 Å². The van der Waals surface area contributed by atoms with Crippen molar-refractivity contribution in [1.82, 2.24) is 0 Å². The molecular weight excluding hydrogens is 376 g/mol. The van der Waals surface area contributed by atoms with E-state index in [1.165, 1.54) is 36.4 Å². The van der Waals surface area contributed by atoms with E-state index in [2.05, 4.69) is 0 Å². The minimum Gasteiger partial charge on any atom is -0.437 e. The van der Waals surface area contributed by atoms with Gasteiger partial charge >= 0.3 is 5.97 Å². The van der Waals surface area contributed by atoms with Gasteiger partial charge in [0.05, 0.1) is 4.90 Å². The molecule has 0 spiro atoms. The highest BCUT2D eigenvalue weighted by Gasteiger charge is 2.24. The van der Waals surface area contributed by atoms with Crippen molar-refractivity contribution in [2.24, 2.45) is 0 Å². The topological polar surface area (TPSA) is 73.6 Å². The Hall–Kier alpha value is -2.57. The molecule has 0 radical (unpaired) electrons. The van der Waals surface area contributed by atoms with Crippen LogP contribution in [0.25, 0.3) is 0 Å². The fourth-order valence-corrected chi connectivity index (χ4v) is 3.75. The highest BCUT2D eigenvalue weighted by molar-refractivity contribution is 7.91. The van der Waals surface area contributed by atoms with Crippen LogP contribution >= 0.6 is 11.6 Å². The van der Waals surface area contributed by atoms with Crippen LogP contribution in [0, 0.1) is 13.8 Å². The molecule has 0 atom stereocenters. The smallest absolute Gasteiger partial charge is 0.379 e. The Bertz CT molecular complexity index is 1050. The number of ether oxygens (including phenoxy) is 1. The van der Waals surface area contributed by atoms with Crippen molar-refractivity contribution < 1.29 is 22.4 Å². The number of carbonyl (C=O) groups excluding carboxylic acids is 1. The molecule has 3 aromatic rings. The van der Waals surface area contributed by atoms with Crippen molar-refractivity contribution in [3.05, 3.63) is 76.5 Å². The van der Waals surface area contributed by atoms with Crippen molar-refractivity contribution in [2.45, 2.75) is 23.8 Å². The van der Waals surface area contributed by atoms with Gasteiger partial charge in [-0.25, -0.2) is 13.2 Å². The van der Waals surface area contributed by atoms with E-state index in [1.807, 2.05) is 19.9 Å². The minimum atomic E-state index is -3.89. The summed E-state index contributed by atoms with van der Waals surface area (Å²) in [5.41, 5.74) is 1.89. The zero-order chi connectivity index (χ0) is 18.9. The molecule has 26 heavy (non-hydrogen) atoms. The highest BCUT2D eigenvalue weighted by atomic mass is 35.5. The van der Waals surface area contributed by atoms with Crippen molar-refractivity contribution in [2.75, 3.05) is 0 Å². The van der Waals surface area contributed by atoms with Crippen LogP contribution in [-0.4, -0.2) is 14.4 Å². The Balaban J connectivity index is 1.84. The lowest BCUT2D eigenvalue weighted by Gasteiger charge is -2.05. The molecule has 0 aliphatic rings. The van der Waals surface area contributed by atoms with Crippen LogP contribution in [0.5, 0.6) is 5.75 Å². The zero-order valence-electron chi connectivity index (χ0n) is 14.0. The lowest BCUT2D eigenvalue weighted by molar-refractivity contribution is 0.0695. The van der Waals surface area contributed by atoms with Crippen molar-refractivity contribution in [3.8, 4) is 5.75 Å².